The van der Waals surface area contributed by atoms with E-state index in [0.29, 0.717) is 22.6 Å². The smallest absolute Gasteiger partial charge is 0.231 e. The van der Waals surface area contributed by atoms with E-state index in [1.54, 1.807) is 6.07 Å². The lowest BCUT2D eigenvalue weighted by Gasteiger charge is -2.46. The molecular formula is C31H30O9. The fraction of sp³-hybridized carbons (Fsp3) is 0.387. The molecule has 4 N–H and O–H groups in total. The summed E-state index contributed by atoms with van der Waals surface area (Å²) in [7, 11) is 0. The Morgan fingerprint density at radius 3 is 2.40 bits per heavy atom. The minimum atomic E-state index is -2.52. The number of phenols is 1. The van der Waals surface area contributed by atoms with Gasteiger partial charge in [-0.3, -0.25) is 14.4 Å². The van der Waals surface area contributed by atoms with Crippen LogP contribution in [0.15, 0.2) is 41.2 Å². The molecule has 0 radical (unpaired) electrons. The van der Waals surface area contributed by atoms with Gasteiger partial charge in [0.1, 0.15) is 22.8 Å². The summed E-state index contributed by atoms with van der Waals surface area (Å²) in [5.41, 5.74) is -1.07. The first-order chi connectivity index (χ1) is 18.7. The monoisotopic (exact) mass is 546 g/mol. The number of aliphatic hydroxyl groups is 3. The average molecular weight is 547 g/mol. The third kappa shape index (κ3) is 3.46. The van der Waals surface area contributed by atoms with Gasteiger partial charge in [-0.25, -0.2) is 0 Å². The minimum Gasteiger partial charge on any atom is -0.508 e. The van der Waals surface area contributed by atoms with Crippen LogP contribution in [0.1, 0.15) is 57.2 Å². The lowest BCUT2D eigenvalue weighted by molar-refractivity contribution is -0.147. The molecule has 3 atom stereocenters. The number of aliphatic hydroxyl groups excluding tert-OH is 2. The summed E-state index contributed by atoms with van der Waals surface area (Å²) >= 11 is 0. The lowest BCUT2D eigenvalue weighted by atomic mass is 9.58. The second kappa shape index (κ2) is 8.44. The number of hydrogen-bond donors (Lipinski definition) is 4. The molecule has 1 saturated carbocycles. The number of ketones is 3. The zero-order valence-electron chi connectivity index (χ0n) is 22.6. The third-order valence-electron chi connectivity index (χ3n) is 8.66. The van der Waals surface area contributed by atoms with Crippen molar-refractivity contribution in [1.29, 1.82) is 0 Å². The maximum Gasteiger partial charge on any atom is 0.231 e. The molecule has 0 amide bonds. The van der Waals surface area contributed by atoms with Crippen molar-refractivity contribution in [2.45, 2.75) is 58.0 Å². The number of aromatic hydroxyl groups is 1. The largest absolute Gasteiger partial charge is 0.508 e. The number of fused-ring (bicyclic) bond motifs is 4. The summed E-state index contributed by atoms with van der Waals surface area (Å²) < 4.78 is 11.0. The molecule has 1 heterocycles. The van der Waals surface area contributed by atoms with Crippen LogP contribution >= 0.6 is 0 Å². The average Bonchev–Trinajstić information content (AvgIpc) is 3.33. The van der Waals surface area contributed by atoms with Crippen LogP contribution in [0.2, 0.25) is 0 Å². The van der Waals surface area contributed by atoms with Crippen LogP contribution in [-0.2, 0) is 26.2 Å². The summed E-state index contributed by atoms with van der Waals surface area (Å²) in [5.74, 6) is -4.39. The van der Waals surface area contributed by atoms with Crippen LogP contribution in [0, 0.1) is 11.8 Å². The molecule has 1 fully saturated rings. The van der Waals surface area contributed by atoms with Crippen molar-refractivity contribution in [2.75, 3.05) is 6.79 Å². The van der Waals surface area contributed by atoms with Crippen LogP contribution in [-0.4, -0.2) is 50.2 Å². The molecule has 0 saturated heterocycles. The zero-order chi connectivity index (χ0) is 28.9. The number of rotatable bonds is 2. The van der Waals surface area contributed by atoms with Gasteiger partial charge in [-0.2, -0.15) is 0 Å². The molecule has 0 unspecified atom stereocenters. The molecule has 40 heavy (non-hydrogen) atoms. The molecule has 0 aromatic heterocycles. The molecule has 2 aromatic rings. The number of allylic oxidation sites excluding steroid dienone is 1. The van der Waals surface area contributed by atoms with Crippen molar-refractivity contribution >= 4 is 23.1 Å². The highest BCUT2D eigenvalue weighted by atomic mass is 16.7. The fourth-order valence-corrected chi connectivity index (χ4v) is 6.69. The van der Waals surface area contributed by atoms with E-state index in [4.69, 9.17) is 9.47 Å². The van der Waals surface area contributed by atoms with Crippen LogP contribution in [0.25, 0.3) is 16.9 Å². The van der Waals surface area contributed by atoms with E-state index >= 15 is 0 Å². The predicted octanol–water partition coefficient (Wildman–Crippen LogP) is 4.22. The van der Waals surface area contributed by atoms with Gasteiger partial charge in [0.2, 0.25) is 12.6 Å². The van der Waals surface area contributed by atoms with E-state index in [1.807, 2.05) is 39.0 Å². The van der Waals surface area contributed by atoms with Gasteiger partial charge in [0.15, 0.2) is 28.7 Å². The van der Waals surface area contributed by atoms with Crippen molar-refractivity contribution in [2.24, 2.45) is 11.8 Å². The predicted molar refractivity (Wildman–Crippen MR) is 143 cm³/mol. The normalized spacial score (nSPS) is 25.5. The number of carbonyl (C=O) groups is 3. The molecule has 9 nitrogen and oxygen atoms in total. The lowest BCUT2D eigenvalue weighted by Crippen LogP contribution is -2.57. The Morgan fingerprint density at radius 1 is 1.02 bits per heavy atom. The van der Waals surface area contributed by atoms with E-state index in [0.717, 1.165) is 18.1 Å². The van der Waals surface area contributed by atoms with Gasteiger partial charge < -0.3 is 29.9 Å². The highest BCUT2D eigenvalue weighted by Crippen LogP contribution is 2.54. The zero-order valence-corrected chi connectivity index (χ0v) is 22.6. The van der Waals surface area contributed by atoms with Crippen LogP contribution < -0.4 is 9.47 Å². The first-order valence-electron chi connectivity index (χ1n) is 13.2. The first-order valence-corrected chi connectivity index (χ1v) is 13.2. The van der Waals surface area contributed by atoms with Crippen LogP contribution in [0.3, 0.4) is 0 Å². The second-order valence-corrected chi connectivity index (χ2v) is 12.1. The second-order valence-electron chi connectivity index (χ2n) is 12.1. The summed E-state index contributed by atoms with van der Waals surface area (Å²) in [6, 6.07) is 7.36. The Bertz CT molecular complexity index is 1600. The van der Waals surface area contributed by atoms with Gasteiger partial charge in [0, 0.05) is 23.5 Å². The summed E-state index contributed by atoms with van der Waals surface area (Å²) in [4.78, 5) is 38.7. The maximum atomic E-state index is 13.9. The van der Waals surface area contributed by atoms with Gasteiger partial charge in [-0.05, 0) is 66.0 Å². The molecule has 1 aliphatic heterocycles. The highest BCUT2D eigenvalue weighted by Gasteiger charge is 2.60. The Morgan fingerprint density at radius 2 is 1.73 bits per heavy atom. The molecule has 4 aliphatic rings. The fourth-order valence-electron chi connectivity index (χ4n) is 6.69. The molecule has 208 valence electrons. The van der Waals surface area contributed by atoms with Gasteiger partial charge in [0.25, 0.3) is 0 Å². The number of hydrogen-bond acceptors (Lipinski definition) is 9. The highest BCUT2D eigenvalue weighted by molar-refractivity contribution is 6.23. The van der Waals surface area contributed by atoms with E-state index in [-0.39, 0.29) is 42.9 Å². The van der Waals surface area contributed by atoms with Gasteiger partial charge in [-0.15, -0.1) is 0 Å². The van der Waals surface area contributed by atoms with Crippen molar-refractivity contribution in [3.63, 3.8) is 0 Å². The summed E-state index contributed by atoms with van der Waals surface area (Å²) in [6.07, 6.45) is 0.0410. The Kier molecular flexibility index (Phi) is 5.52. The molecule has 2 aromatic carbocycles. The molecule has 0 spiro atoms. The van der Waals surface area contributed by atoms with Crippen molar-refractivity contribution in [1.82, 2.24) is 0 Å². The SMILES string of the molecule is CC(=O)C1=C(O)[C@@]2(O)C(=O)C3=C(O)c4c(O)c(C(C)(C)C)cc(-c5ccc6c(c5)OCO6)c4C[C@H]3C[C@H]2CC1=O. The standard InChI is InChI=1S/C31H30O9/c1-13(32)23-20(33)10-16-7-15-8-18-17(14-5-6-21-22(9-14)40-12-39-21)11-19(30(2,3)4)26(34)25(18)27(35)24(15)29(37)31(16,38)28(23)36/h5-6,9,11,15-16,34-36,38H,7-8,10,12H2,1-4H3/t15-,16+,31-/m1/s1. The number of phenolic OH excluding ortho intramolecular Hbond substituents is 1. The van der Waals surface area contributed by atoms with E-state index in [9.17, 15) is 34.8 Å². The summed E-state index contributed by atoms with van der Waals surface area (Å²) in [5, 5.41) is 45.6. The summed E-state index contributed by atoms with van der Waals surface area (Å²) in [6.45, 7) is 6.93. The Hall–Kier alpha value is -4.11. The van der Waals surface area contributed by atoms with Crippen molar-refractivity contribution in [3.05, 3.63) is 57.9 Å². The Labute approximate surface area is 230 Å². The first kappa shape index (κ1) is 26.1. The number of benzene rings is 2. The quantitative estimate of drug-likeness (QED) is 0.406. The molecular weight excluding hydrogens is 516 g/mol. The van der Waals surface area contributed by atoms with E-state index < -0.39 is 57.3 Å². The number of ether oxygens (including phenoxy) is 2. The van der Waals surface area contributed by atoms with Gasteiger partial charge in [0.05, 0.1) is 5.56 Å². The van der Waals surface area contributed by atoms with E-state index in [1.165, 1.54) is 0 Å². The topological polar surface area (TPSA) is 151 Å². The minimum absolute atomic E-state index is 0.0869. The van der Waals surface area contributed by atoms with E-state index in [2.05, 4.69) is 0 Å². The molecule has 3 aliphatic carbocycles. The molecule has 9 heteroatoms. The molecule has 6 rings (SSSR count). The number of Topliss-reactive ketones (excluding diaryl/α,β-unsaturated/α-hetero) is 3. The van der Waals surface area contributed by atoms with Crippen LogP contribution in [0.4, 0.5) is 0 Å². The van der Waals surface area contributed by atoms with Crippen LogP contribution in [0.5, 0.6) is 17.2 Å². The Balaban J connectivity index is 1.59. The molecule has 0 bridgehead atoms. The number of carbonyl (C=O) groups excluding carboxylic acids is 3. The maximum absolute atomic E-state index is 13.9. The van der Waals surface area contributed by atoms with Crippen molar-refractivity contribution in [3.8, 4) is 28.4 Å². The third-order valence-corrected chi connectivity index (χ3v) is 8.66. The van der Waals surface area contributed by atoms with Gasteiger partial charge >= 0.3 is 0 Å². The van der Waals surface area contributed by atoms with Crippen molar-refractivity contribution < 1.29 is 44.3 Å². The van der Waals surface area contributed by atoms with Gasteiger partial charge in [-0.1, -0.05) is 26.8 Å².